The molecule has 1 amide bonds. The van der Waals surface area contributed by atoms with Gasteiger partial charge in [-0.05, 0) is 18.6 Å². The van der Waals surface area contributed by atoms with Crippen LogP contribution in [0.4, 0.5) is 0 Å². The molecule has 0 saturated heterocycles. The molecule has 19 heavy (non-hydrogen) atoms. The summed E-state index contributed by atoms with van der Waals surface area (Å²) in [5, 5.41) is 1.83. The van der Waals surface area contributed by atoms with E-state index < -0.39 is 0 Å². The van der Waals surface area contributed by atoms with E-state index in [1.54, 1.807) is 13.2 Å². The van der Waals surface area contributed by atoms with E-state index >= 15 is 0 Å². The zero-order valence-electron chi connectivity index (χ0n) is 12.2. The number of methoxy groups -OCH3 is 2. The molecule has 5 nitrogen and oxygen atoms in total. The van der Waals surface area contributed by atoms with E-state index in [0.29, 0.717) is 17.1 Å². The van der Waals surface area contributed by atoms with Gasteiger partial charge >= 0.3 is 0 Å². The van der Waals surface area contributed by atoms with Crippen LogP contribution in [0.1, 0.15) is 29.8 Å². The van der Waals surface area contributed by atoms with E-state index in [2.05, 4.69) is 5.43 Å². The van der Waals surface area contributed by atoms with E-state index in [1.807, 2.05) is 31.8 Å². The third-order valence-electron chi connectivity index (χ3n) is 3.00. The Bertz CT molecular complexity index is 443. The fraction of sp³-hybridized carbons (Fsp3) is 0.500. The van der Waals surface area contributed by atoms with Crippen LogP contribution in [0.5, 0.6) is 11.5 Å². The van der Waals surface area contributed by atoms with Crippen molar-refractivity contribution in [2.24, 2.45) is 0 Å². The summed E-state index contributed by atoms with van der Waals surface area (Å²) >= 11 is 0. The van der Waals surface area contributed by atoms with Crippen molar-refractivity contribution in [3.8, 4) is 11.5 Å². The maximum Gasteiger partial charge on any atom is 0.269 e. The second-order valence-corrected chi connectivity index (χ2v) is 4.11. The lowest BCUT2D eigenvalue weighted by Gasteiger charge is -2.21. The van der Waals surface area contributed by atoms with Gasteiger partial charge in [-0.15, -0.1) is 0 Å². The highest BCUT2D eigenvalue weighted by atomic mass is 16.5. The summed E-state index contributed by atoms with van der Waals surface area (Å²) in [5.41, 5.74) is 4.22. The number of benzene rings is 1. The van der Waals surface area contributed by atoms with Gasteiger partial charge in [0.05, 0.1) is 19.8 Å². The average Bonchev–Trinajstić information content (AvgIpc) is 2.43. The van der Waals surface area contributed by atoms with Crippen LogP contribution < -0.4 is 14.9 Å². The zero-order chi connectivity index (χ0) is 14.4. The molecule has 5 heteroatoms. The Balaban J connectivity index is 3.14. The van der Waals surface area contributed by atoms with E-state index in [0.717, 1.165) is 18.7 Å². The molecular formula is C14H22N2O3. The predicted octanol–water partition coefficient (Wildman–Crippen LogP) is 2.00. The molecule has 106 valence electrons. The molecule has 1 N–H and O–H groups in total. The molecule has 0 saturated carbocycles. The summed E-state index contributed by atoms with van der Waals surface area (Å²) in [6.45, 7) is 7.33. The van der Waals surface area contributed by atoms with Gasteiger partial charge in [0.15, 0.2) is 11.5 Å². The fourth-order valence-electron chi connectivity index (χ4n) is 1.89. The van der Waals surface area contributed by atoms with Crippen LogP contribution in [0.3, 0.4) is 0 Å². The minimum Gasteiger partial charge on any atom is -0.493 e. The normalized spacial score (nSPS) is 10.4. The van der Waals surface area contributed by atoms with E-state index in [-0.39, 0.29) is 5.91 Å². The molecule has 0 aliphatic heterocycles. The molecule has 0 fully saturated rings. The van der Waals surface area contributed by atoms with Gasteiger partial charge in [-0.2, -0.15) is 0 Å². The number of carbonyl (C=O) groups is 1. The molecule has 0 unspecified atom stereocenters. The quantitative estimate of drug-likeness (QED) is 0.800. The van der Waals surface area contributed by atoms with Crippen molar-refractivity contribution in [3.63, 3.8) is 0 Å². The molecule has 0 aromatic heterocycles. The molecule has 0 spiro atoms. The van der Waals surface area contributed by atoms with Gasteiger partial charge in [0.1, 0.15) is 0 Å². The average molecular weight is 266 g/mol. The predicted molar refractivity (Wildman–Crippen MR) is 74.7 cm³/mol. The smallest absolute Gasteiger partial charge is 0.269 e. The summed E-state index contributed by atoms with van der Waals surface area (Å²) < 4.78 is 10.5. The minimum atomic E-state index is -0.183. The SMILES string of the molecule is CCN(CC)NC(=O)c1c(C)ccc(OC)c1OC. The van der Waals surface area contributed by atoms with Gasteiger partial charge in [-0.25, -0.2) is 5.01 Å². The number of ether oxygens (including phenoxy) is 2. The summed E-state index contributed by atoms with van der Waals surface area (Å²) in [6, 6.07) is 3.64. The number of nitrogens with zero attached hydrogens (tertiary/aromatic N) is 1. The van der Waals surface area contributed by atoms with Crippen molar-refractivity contribution in [1.29, 1.82) is 0 Å². The molecular weight excluding hydrogens is 244 g/mol. The third kappa shape index (κ3) is 3.38. The lowest BCUT2D eigenvalue weighted by Crippen LogP contribution is -2.42. The Kier molecular flexibility index (Phi) is 5.63. The number of hydrogen-bond acceptors (Lipinski definition) is 4. The highest BCUT2D eigenvalue weighted by molar-refractivity contribution is 5.99. The molecule has 0 heterocycles. The summed E-state index contributed by atoms with van der Waals surface area (Å²) in [5.74, 6) is 0.835. The van der Waals surface area contributed by atoms with E-state index in [1.165, 1.54) is 7.11 Å². The number of hydrogen-bond donors (Lipinski definition) is 1. The van der Waals surface area contributed by atoms with Crippen LogP contribution in [0, 0.1) is 6.92 Å². The Morgan fingerprint density at radius 2 is 1.84 bits per heavy atom. The molecule has 1 aromatic rings. The van der Waals surface area contributed by atoms with Crippen molar-refractivity contribution in [2.45, 2.75) is 20.8 Å². The largest absolute Gasteiger partial charge is 0.493 e. The maximum atomic E-state index is 12.4. The number of hydrazine groups is 1. The van der Waals surface area contributed by atoms with Crippen LogP contribution in [-0.4, -0.2) is 38.2 Å². The van der Waals surface area contributed by atoms with Gasteiger partial charge in [0, 0.05) is 13.1 Å². The van der Waals surface area contributed by atoms with Crippen molar-refractivity contribution < 1.29 is 14.3 Å². The molecule has 0 atom stereocenters. The summed E-state index contributed by atoms with van der Waals surface area (Å²) in [4.78, 5) is 12.4. The molecule has 0 radical (unpaired) electrons. The molecule has 0 aliphatic rings. The fourth-order valence-corrected chi connectivity index (χ4v) is 1.89. The number of carbonyl (C=O) groups excluding carboxylic acids is 1. The highest BCUT2D eigenvalue weighted by Gasteiger charge is 2.20. The van der Waals surface area contributed by atoms with Crippen LogP contribution in [0.15, 0.2) is 12.1 Å². The lowest BCUT2D eigenvalue weighted by atomic mass is 10.1. The van der Waals surface area contributed by atoms with Gasteiger partial charge in [0.25, 0.3) is 5.91 Å². The first-order valence-corrected chi connectivity index (χ1v) is 6.36. The summed E-state index contributed by atoms with van der Waals surface area (Å²) in [6.07, 6.45) is 0. The van der Waals surface area contributed by atoms with Crippen LogP contribution in [-0.2, 0) is 0 Å². The first kappa shape index (κ1) is 15.3. The first-order chi connectivity index (χ1) is 9.08. The maximum absolute atomic E-state index is 12.4. The van der Waals surface area contributed by atoms with Crippen molar-refractivity contribution >= 4 is 5.91 Å². The zero-order valence-corrected chi connectivity index (χ0v) is 12.2. The topological polar surface area (TPSA) is 50.8 Å². The number of rotatable bonds is 6. The van der Waals surface area contributed by atoms with E-state index in [4.69, 9.17) is 9.47 Å². The van der Waals surface area contributed by atoms with Crippen molar-refractivity contribution in [2.75, 3.05) is 27.3 Å². The second kappa shape index (κ2) is 6.99. The van der Waals surface area contributed by atoms with Crippen LogP contribution in [0.2, 0.25) is 0 Å². The minimum absolute atomic E-state index is 0.183. The summed E-state index contributed by atoms with van der Waals surface area (Å²) in [7, 11) is 3.09. The van der Waals surface area contributed by atoms with E-state index in [9.17, 15) is 4.79 Å². The third-order valence-corrected chi connectivity index (χ3v) is 3.00. The molecule has 0 bridgehead atoms. The monoisotopic (exact) mass is 266 g/mol. The Morgan fingerprint density at radius 3 is 2.32 bits per heavy atom. The lowest BCUT2D eigenvalue weighted by molar-refractivity contribution is 0.0801. The number of aryl methyl sites for hydroxylation is 1. The Labute approximate surface area is 114 Å². The van der Waals surface area contributed by atoms with Crippen LogP contribution in [0.25, 0.3) is 0 Å². The Hall–Kier alpha value is -1.75. The van der Waals surface area contributed by atoms with Gasteiger partial charge in [-0.1, -0.05) is 19.9 Å². The molecule has 1 aromatic carbocycles. The molecule has 0 aliphatic carbocycles. The molecule has 1 rings (SSSR count). The van der Waals surface area contributed by atoms with Gasteiger partial charge in [0.2, 0.25) is 0 Å². The van der Waals surface area contributed by atoms with Crippen molar-refractivity contribution in [3.05, 3.63) is 23.3 Å². The van der Waals surface area contributed by atoms with Gasteiger partial charge in [-0.3, -0.25) is 10.2 Å². The second-order valence-electron chi connectivity index (χ2n) is 4.11. The van der Waals surface area contributed by atoms with Crippen LogP contribution >= 0.6 is 0 Å². The first-order valence-electron chi connectivity index (χ1n) is 6.36. The highest BCUT2D eigenvalue weighted by Crippen LogP contribution is 2.33. The Morgan fingerprint density at radius 1 is 1.21 bits per heavy atom. The van der Waals surface area contributed by atoms with Gasteiger partial charge < -0.3 is 9.47 Å². The van der Waals surface area contributed by atoms with Crippen molar-refractivity contribution in [1.82, 2.24) is 10.4 Å². The number of amides is 1. The number of nitrogens with one attached hydrogen (secondary N) is 1. The standard InChI is InChI=1S/C14H22N2O3/c1-6-16(7-2)15-14(17)12-10(3)8-9-11(18-4)13(12)19-5/h8-9H,6-7H2,1-5H3,(H,15,17).